The second-order valence-electron chi connectivity index (χ2n) is 4.97. The van der Waals surface area contributed by atoms with Crippen LogP contribution in [0.1, 0.15) is 19.4 Å². The first-order valence-corrected chi connectivity index (χ1v) is 8.24. The number of amides is 1. The molecule has 1 atom stereocenters. The van der Waals surface area contributed by atoms with Gasteiger partial charge in [0.1, 0.15) is 5.75 Å². The molecule has 0 aromatic heterocycles. The van der Waals surface area contributed by atoms with Crippen molar-refractivity contribution in [1.82, 2.24) is 0 Å². The van der Waals surface area contributed by atoms with Crippen molar-refractivity contribution >= 4 is 23.4 Å². The Hall–Kier alpha value is -1.94. The third-order valence-corrected chi connectivity index (χ3v) is 4.48. The van der Waals surface area contributed by atoms with Crippen LogP contribution in [-0.4, -0.2) is 17.8 Å². The van der Waals surface area contributed by atoms with E-state index in [9.17, 15) is 4.79 Å². The molecule has 0 radical (unpaired) electrons. The highest BCUT2D eigenvalue weighted by Gasteiger charge is 2.15. The van der Waals surface area contributed by atoms with Crippen LogP contribution in [0.5, 0.6) is 5.75 Å². The van der Waals surface area contributed by atoms with Crippen molar-refractivity contribution in [3.8, 4) is 5.75 Å². The predicted molar refractivity (Wildman–Crippen MR) is 92.7 cm³/mol. The predicted octanol–water partition coefficient (Wildman–Crippen LogP) is 4.51. The lowest BCUT2D eigenvalue weighted by atomic mass is 10.2. The van der Waals surface area contributed by atoms with E-state index in [4.69, 9.17) is 4.74 Å². The molecule has 0 fully saturated rings. The fourth-order valence-corrected chi connectivity index (χ4v) is 2.94. The van der Waals surface area contributed by atoms with Crippen LogP contribution in [0.2, 0.25) is 0 Å². The van der Waals surface area contributed by atoms with Gasteiger partial charge in [-0.05, 0) is 56.7 Å². The van der Waals surface area contributed by atoms with Crippen LogP contribution in [0, 0.1) is 6.92 Å². The Bertz CT molecular complexity index is 625. The lowest BCUT2D eigenvalue weighted by Crippen LogP contribution is -2.22. The first kappa shape index (κ1) is 16.4. The summed E-state index contributed by atoms with van der Waals surface area (Å²) in [5.41, 5.74) is 1.97. The summed E-state index contributed by atoms with van der Waals surface area (Å²) in [7, 11) is 0. The zero-order chi connectivity index (χ0) is 15.9. The molecule has 4 heteroatoms. The molecular formula is C18H21NO2S. The average Bonchev–Trinajstić information content (AvgIpc) is 2.51. The molecule has 1 N–H and O–H groups in total. The average molecular weight is 315 g/mol. The number of aryl methyl sites for hydroxylation is 1. The first-order chi connectivity index (χ1) is 10.6. The zero-order valence-electron chi connectivity index (χ0n) is 13.1. The monoisotopic (exact) mass is 315 g/mol. The molecule has 0 aliphatic carbocycles. The summed E-state index contributed by atoms with van der Waals surface area (Å²) in [5.74, 6) is 0.806. The SMILES string of the molecule is CCOc1ccc(NC(=O)C(C)Sc2ccccc2C)cc1. The topological polar surface area (TPSA) is 38.3 Å². The van der Waals surface area contributed by atoms with Crippen LogP contribution >= 0.6 is 11.8 Å². The maximum Gasteiger partial charge on any atom is 0.237 e. The van der Waals surface area contributed by atoms with Crippen molar-refractivity contribution in [3.05, 3.63) is 54.1 Å². The van der Waals surface area contributed by atoms with E-state index in [1.807, 2.05) is 56.3 Å². The molecule has 116 valence electrons. The highest BCUT2D eigenvalue weighted by molar-refractivity contribution is 8.00. The van der Waals surface area contributed by atoms with E-state index in [1.165, 1.54) is 5.56 Å². The standard InChI is InChI=1S/C18H21NO2S/c1-4-21-16-11-9-15(10-12-16)19-18(20)14(3)22-17-8-6-5-7-13(17)2/h5-12,14H,4H2,1-3H3,(H,19,20). The van der Waals surface area contributed by atoms with Gasteiger partial charge in [-0.25, -0.2) is 0 Å². The van der Waals surface area contributed by atoms with Gasteiger partial charge in [0.25, 0.3) is 0 Å². The fourth-order valence-electron chi connectivity index (χ4n) is 1.98. The molecule has 2 rings (SSSR count). The highest BCUT2D eigenvalue weighted by Crippen LogP contribution is 2.27. The second kappa shape index (κ2) is 7.90. The summed E-state index contributed by atoms with van der Waals surface area (Å²) < 4.78 is 5.39. The third kappa shape index (κ3) is 4.53. The van der Waals surface area contributed by atoms with Gasteiger partial charge < -0.3 is 10.1 Å². The quantitative estimate of drug-likeness (QED) is 0.797. The summed E-state index contributed by atoms with van der Waals surface area (Å²) in [6.45, 7) is 6.55. The Balaban J connectivity index is 1.95. The number of hydrogen-bond donors (Lipinski definition) is 1. The Morgan fingerprint density at radius 2 is 1.86 bits per heavy atom. The molecule has 2 aromatic rings. The minimum absolute atomic E-state index is 0.00240. The Labute approximate surface area is 136 Å². The van der Waals surface area contributed by atoms with Crippen molar-refractivity contribution in [2.24, 2.45) is 0 Å². The van der Waals surface area contributed by atoms with E-state index in [1.54, 1.807) is 11.8 Å². The summed E-state index contributed by atoms with van der Waals surface area (Å²) in [4.78, 5) is 13.4. The normalized spacial score (nSPS) is 11.8. The number of ether oxygens (including phenoxy) is 1. The molecule has 0 heterocycles. The Morgan fingerprint density at radius 1 is 1.18 bits per heavy atom. The number of nitrogens with one attached hydrogen (secondary N) is 1. The number of rotatable bonds is 6. The molecule has 0 aliphatic heterocycles. The molecule has 0 saturated heterocycles. The van der Waals surface area contributed by atoms with Gasteiger partial charge in [0.2, 0.25) is 5.91 Å². The number of anilines is 1. The van der Waals surface area contributed by atoms with Crippen molar-refractivity contribution in [2.75, 3.05) is 11.9 Å². The summed E-state index contributed by atoms with van der Waals surface area (Å²) in [6, 6.07) is 15.5. The van der Waals surface area contributed by atoms with Gasteiger partial charge in [0.05, 0.1) is 11.9 Å². The van der Waals surface area contributed by atoms with E-state index in [-0.39, 0.29) is 11.2 Å². The first-order valence-electron chi connectivity index (χ1n) is 7.36. The molecule has 3 nitrogen and oxygen atoms in total. The molecule has 0 aliphatic rings. The number of carbonyl (C=O) groups excluding carboxylic acids is 1. The zero-order valence-corrected chi connectivity index (χ0v) is 13.9. The Morgan fingerprint density at radius 3 is 2.50 bits per heavy atom. The van der Waals surface area contributed by atoms with Crippen LogP contribution in [0.3, 0.4) is 0 Å². The van der Waals surface area contributed by atoms with Gasteiger partial charge in [0.15, 0.2) is 0 Å². The van der Waals surface area contributed by atoms with Gasteiger partial charge in [-0.3, -0.25) is 4.79 Å². The van der Waals surface area contributed by atoms with E-state index in [2.05, 4.69) is 18.3 Å². The second-order valence-corrected chi connectivity index (χ2v) is 6.35. The van der Waals surface area contributed by atoms with Gasteiger partial charge in [0, 0.05) is 10.6 Å². The molecular weight excluding hydrogens is 294 g/mol. The summed E-state index contributed by atoms with van der Waals surface area (Å²) in [6.07, 6.45) is 0. The minimum atomic E-state index is -0.160. The van der Waals surface area contributed by atoms with Gasteiger partial charge in [-0.2, -0.15) is 0 Å². The van der Waals surface area contributed by atoms with Crippen LogP contribution in [-0.2, 0) is 4.79 Å². The molecule has 22 heavy (non-hydrogen) atoms. The molecule has 0 saturated carbocycles. The van der Waals surface area contributed by atoms with E-state index in [0.717, 1.165) is 16.3 Å². The summed E-state index contributed by atoms with van der Waals surface area (Å²) in [5, 5.41) is 2.78. The number of carbonyl (C=O) groups is 1. The third-order valence-electron chi connectivity index (χ3n) is 3.20. The maximum atomic E-state index is 12.3. The van der Waals surface area contributed by atoms with E-state index < -0.39 is 0 Å². The number of benzene rings is 2. The lowest BCUT2D eigenvalue weighted by molar-refractivity contribution is -0.115. The lowest BCUT2D eigenvalue weighted by Gasteiger charge is -2.13. The van der Waals surface area contributed by atoms with Crippen LogP contribution in [0.25, 0.3) is 0 Å². The van der Waals surface area contributed by atoms with Crippen molar-refractivity contribution in [2.45, 2.75) is 30.9 Å². The smallest absolute Gasteiger partial charge is 0.237 e. The number of thioether (sulfide) groups is 1. The van der Waals surface area contributed by atoms with Gasteiger partial charge >= 0.3 is 0 Å². The van der Waals surface area contributed by atoms with Crippen LogP contribution in [0.15, 0.2) is 53.4 Å². The van der Waals surface area contributed by atoms with Crippen molar-refractivity contribution in [3.63, 3.8) is 0 Å². The van der Waals surface area contributed by atoms with Crippen molar-refractivity contribution in [1.29, 1.82) is 0 Å². The molecule has 1 unspecified atom stereocenters. The summed E-state index contributed by atoms with van der Waals surface area (Å²) >= 11 is 1.57. The molecule has 0 spiro atoms. The fraction of sp³-hybridized carbons (Fsp3) is 0.278. The van der Waals surface area contributed by atoms with Gasteiger partial charge in [-0.1, -0.05) is 18.2 Å². The molecule has 0 bridgehead atoms. The van der Waals surface area contributed by atoms with Crippen LogP contribution in [0.4, 0.5) is 5.69 Å². The van der Waals surface area contributed by atoms with E-state index in [0.29, 0.717) is 6.61 Å². The Kier molecular flexibility index (Phi) is 5.90. The molecule has 2 aromatic carbocycles. The largest absolute Gasteiger partial charge is 0.494 e. The maximum absolute atomic E-state index is 12.3. The van der Waals surface area contributed by atoms with E-state index >= 15 is 0 Å². The number of hydrogen-bond acceptors (Lipinski definition) is 3. The minimum Gasteiger partial charge on any atom is -0.494 e. The van der Waals surface area contributed by atoms with Gasteiger partial charge in [-0.15, -0.1) is 11.8 Å². The molecule has 1 amide bonds. The highest BCUT2D eigenvalue weighted by atomic mass is 32.2. The van der Waals surface area contributed by atoms with Crippen LogP contribution < -0.4 is 10.1 Å². The van der Waals surface area contributed by atoms with Crippen molar-refractivity contribution < 1.29 is 9.53 Å².